The molecule has 1 heterocycles. The molecular weight excluding hydrogens is 514 g/mol. The SMILES string of the molecule is c1ccc(COC2C3=NOC[C@H]3C(OCc3ccccc3)C(OCc3ccccc3)C2OCc2ccccc2)cc1. The predicted octanol–water partition coefficient (Wildman–Crippen LogP) is 6.34. The Labute approximate surface area is 241 Å². The van der Waals surface area contributed by atoms with Crippen molar-refractivity contribution in [3.63, 3.8) is 0 Å². The number of oxime groups is 1. The predicted molar refractivity (Wildman–Crippen MR) is 157 cm³/mol. The van der Waals surface area contributed by atoms with Gasteiger partial charge in [-0.3, -0.25) is 0 Å². The first-order chi connectivity index (χ1) is 20.3. The van der Waals surface area contributed by atoms with E-state index in [-0.39, 0.29) is 12.0 Å². The average Bonchev–Trinajstić information content (AvgIpc) is 3.53. The maximum atomic E-state index is 6.72. The molecule has 4 aromatic carbocycles. The molecule has 1 aliphatic carbocycles. The zero-order chi connectivity index (χ0) is 27.7. The Bertz CT molecular complexity index is 1370. The summed E-state index contributed by atoms with van der Waals surface area (Å²) in [5.41, 5.74) is 5.15. The van der Waals surface area contributed by atoms with E-state index in [1.165, 1.54) is 0 Å². The van der Waals surface area contributed by atoms with Crippen LogP contribution < -0.4 is 0 Å². The fraction of sp³-hybridized carbons (Fsp3) is 0.286. The highest BCUT2D eigenvalue weighted by Crippen LogP contribution is 2.36. The molecule has 0 bridgehead atoms. The Kier molecular flexibility index (Phi) is 9.15. The number of nitrogens with zero attached hydrogens (tertiary/aromatic N) is 1. The monoisotopic (exact) mass is 549 g/mol. The molecule has 4 aromatic rings. The fourth-order valence-electron chi connectivity index (χ4n) is 5.45. The van der Waals surface area contributed by atoms with E-state index in [1.54, 1.807) is 0 Å². The Balaban J connectivity index is 1.31. The molecule has 5 atom stereocenters. The van der Waals surface area contributed by atoms with E-state index >= 15 is 0 Å². The van der Waals surface area contributed by atoms with Crippen molar-refractivity contribution >= 4 is 5.71 Å². The van der Waals surface area contributed by atoms with Crippen molar-refractivity contribution in [2.24, 2.45) is 11.1 Å². The van der Waals surface area contributed by atoms with Crippen LogP contribution in [0, 0.1) is 5.92 Å². The molecule has 0 radical (unpaired) electrons. The lowest BCUT2D eigenvalue weighted by molar-refractivity contribution is -0.197. The minimum absolute atomic E-state index is 0.114. The van der Waals surface area contributed by atoms with Gasteiger partial charge in [-0.2, -0.15) is 0 Å². The van der Waals surface area contributed by atoms with E-state index in [0.717, 1.165) is 28.0 Å². The van der Waals surface area contributed by atoms with Gasteiger partial charge in [0.05, 0.1) is 44.2 Å². The van der Waals surface area contributed by atoms with Crippen molar-refractivity contribution in [1.82, 2.24) is 0 Å². The zero-order valence-electron chi connectivity index (χ0n) is 23.0. The second-order valence-electron chi connectivity index (χ2n) is 10.4. The normalized spacial score (nSPS) is 23.4. The Morgan fingerprint density at radius 1 is 0.488 bits per heavy atom. The van der Waals surface area contributed by atoms with E-state index in [9.17, 15) is 0 Å². The zero-order valence-corrected chi connectivity index (χ0v) is 23.0. The van der Waals surface area contributed by atoms with E-state index in [2.05, 4.69) is 53.7 Å². The minimum Gasteiger partial charge on any atom is -0.395 e. The van der Waals surface area contributed by atoms with Crippen LogP contribution in [0.15, 0.2) is 126 Å². The number of hydrogen-bond donors (Lipinski definition) is 0. The number of hydrogen-bond acceptors (Lipinski definition) is 6. The van der Waals surface area contributed by atoms with Crippen LogP contribution in [0.3, 0.4) is 0 Å². The van der Waals surface area contributed by atoms with E-state index < -0.39 is 18.3 Å². The van der Waals surface area contributed by atoms with Gasteiger partial charge in [-0.25, -0.2) is 0 Å². The third-order valence-electron chi connectivity index (χ3n) is 7.57. The molecule has 0 N–H and O–H groups in total. The Morgan fingerprint density at radius 3 is 1.34 bits per heavy atom. The highest BCUT2D eigenvalue weighted by molar-refractivity contribution is 5.93. The number of rotatable bonds is 12. The molecule has 2 aliphatic rings. The molecule has 1 saturated carbocycles. The van der Waals surface area contributed by atoms with Crippen LogP contribution in [0.4, 0.5) is 0 Å². The van der Waals surface area contributed by atoms with Crippen LogP contribution in [0.2, 0.25) is 0 Å². The molecule has 41 heavy (non-hydrogen) atoms. The highest BCUT2D eigenvalue weighted by atomic mass is 16.6. The lowest BCUT2D eigenvalue weighted by atomic mass is 9.79. The van der Waals surface area contributed by atoms with Crippen LogP contribution in [0.25, 0.3) is 0 Å². The maximum Gasteiger partial charge on any atom is 0.129 e. The molecule has 0 saturated heterocycles. The van der Waals surface area contributed by atoms with Gasteiger partial charge in [0.2, 0.25) is 0 Å². The lowest BCUT2D eigenvalue weighted by Crippen LogP contribution is -2.61. The molecule has 0 spiro atoms. The summed E-state index contributed by atoms with van der Waals surface area (Å²) < 4.78 is 26.7. The van der Waals surface area contributed by atoms with Crippen molar-refractivity contribution in [3.05, 3.63) is 144 Å². The molecule has 1 fully saturated rings. The third kappa shape index (κ3) is 6.92. The first kappa shape index (κ1) is 27.4. The van der Waals surface area contributed by atoms with Gasteiger partial charge in [-0.1, -0.05) is 126 Å². The average molecular weight is 550 g/mol. The topological polar surface area (TPSA) is 58.5 Å². The van der Waals surface area contributed by atoms with Crippen molar-refractivity contribution < 1.29 is 23.8 Å². The number of benzene rings is 4. The standard InChI is InChI=1S/C35H35NO5/c1-5-13-26(14-6-1)21-37-32-30-25-41-36-31(30)33(38-22-27-15-7-2-8-16-27)35(40-24-29-19-11-4-12-20-29)34(32)39-23-28-17-9-3-10-18-28/h1-20,30,32-35H,21-25H2/t30-,32?,33?,34?,35?/m1/s1. The van der Waals surface area contributed by atoms with Gasteiger partial charge in [-0.05, 0) is 22.3 Å². The Hall–Kier alpha value is -3.81. The van der Waals surface area contributed by atoms with E-state index in [4.69, 9.17) is 23.8 Å². The van der Waals surface area contributed by atoms with Crippen LogP contribution in [-0.4, -0.2) is 36.7 Å². The second kappa shape index (κ2) is 13.7. The van der Waals surface area contributed by atoms with Crippen molar-refractivity contribution in [2.75, 3.05) is 6.61 Å². The van der Waals surface area contributed by atoms with Crippen LogP contribution in [0.5, 0.6) is 0 Å². The summed E-state index contributed by atoms with van der Waals surface area (Å²) in [4.78, 5) is 5.70. The van der Waals surface area contributed by atoms with Crippen LogP contribution in [-0.2, 0) is 50.2 Å². The number of fused-ring (bicyclic) bond motifs is 1. The Morgan fingerprint density at radius 2 is 0.878 bits per heavy atom. The number of ether oxygens (including phenoxy) is 4. The minimum atomic E-state index is -0.472. The van der Waals surface area contributed by atoms with Crippen LogP contribution in [0.1, 0.15) is 22.3 Å². The van der Waals surface area contributed by atoms with Gasteiger partial charge >= 0.3 is 0 Å². The van der Waals surface area contributed by atoms with Crippen molar-refractivity contribution in [1.29, 1.82) is 0 Å². The summed E-state index contributed by atoms with van der Waals surface area (Å²) in [5, 5.41) is 4.49. The quantitative estimate of drug-likeness (QED) is 0.206. The summed E-state index contributed by atoms with van der Waals surface area (Å²) in [5.74, 6) is -0.114. The fourth-order valence-corrected chi connectivity index (χ4v) is 5.45. The molecule has 0 amide bonds. The first-order valence-corrected chi connectivity index (χ1v) is 14.2. The third-order valence-corrected chi connectivity index (χ3v) is 7.57. The van der Waals surface area contributed by atoms with Gasteiger partial charge in [0.1, 0.15) is 24.9 Å². The van der Waals surface area contributed by atoms with Crippen molar-refractivity contribution in [2.45, 2.75) is 50.8 Å². The summed E-state index contributed by atoms with van der Waals surface area (Å²) in [6.45, 7) is 2.11. The molecule has 210 valence electrons. The van der Waals surface area contributed by atoms with Crippen LogP contribution >= 0.6 is 0 Å². The van der Waals surface area contributed by atoms with E-state index in [1.807, 2.05) is 72.8 Å². The van der Waals surface area contributed by atoms with E-state index in [0.29, 0.717) is 33.0 Å². The molecule has 6 heteroatoms. The lowest BCUT2D eigenvalue weighted by Gasteiger charge is -2.44. The molecular formula is C35H35NO5. The summed E-state index contributed by atoms with van der Waals surface area (Å²) in [6, 6.07) is 40.7. The summed E-state index contributed by atoms with van der Waals surface area (Å²) in [6.07, 6.45) is -1.68. The molecule has 0 aromatic heterocycles. The largest absolute Gasteiger partial charge is 0.395 e. The summed E-state index contributed by atoms with van der Waals surface area (Å²) >= 11 is 0. The van der Waals surface area contributed by atoms with Gasteiger partial charge < -0.3 is 23.8 Å². The smallest absolute Gasteiger partial charge is 0.129 e. The maximum absolute atomic E-state index is 6.72. The molecule has 4 unspecified atom stereocenters. The molecule has 1 aliphatic heterocycles. The van der Waals surface area contributed by atoms with Crippen molar-refractivity contribution in [3.8, 4) is 0 Å². The molecule has 6 nitrogen and oxygen atoms in total. The van der Waals surface area contributed by atoms with Gasteiger partial charge in [0.15, 0.2) is 0 Å². The van der Waals surface area contributed by atoms with Gasteiger partial charge in [-0.15, -0.1) is 0 Å². The molecule has 6 rings (SSSR count). The second-order valence-corrected chi connectivity index (χ2v) is 10.4. The summed E-state index contributed by atoms with van der Waals surface area (Å²) in [7, 11) is 0. The van der Waals surface area contributed by atoms with Gasteiger partial charge in [0, 0.05) is 0 Å². The highest BCUT2D eigenvalue weighted by Gasteiger charge is 2.54. The first-order valence-electron chi connectivity index (χ1n) is 14.2. The van der Waals surface area contributed by atoms with Gasteiger partial charge in [0.25, 0.3) is 0 Å².